The molecule has 1 aliphatic rings. The Morgan fingerprint density at radius 1 is 1.07 bits per heavy atom. The standard InChI is InChI=1S/C19H27N7O/c1-14-21-18(23-19(22-14)24(3)4)20-13-16-5-7-17(8-6-16)26-11-9-25(10-12-26)15(2)27/h5-8H,9-13H2,1-4H3,(H,20,21,22,23). The number of carbonyl (C=O) groups is 1. The van der Waals surface area contributed by atoms with E-state index in [4.69, 9.17) is 0 Å². The van der Waals surface area contributed by atoms with Crippen LogP contribution in [0.3, 0.4) is 0 Å². The van der Waals surface area contributed by atoms with E-state index in [1.165, 1.54) is 5.69 Å². The van der Waals surface area contributed by atoms with Crippen molar-refractivity contribution < 1.29 is 4.79 Å². The number of amides is 1. The lowest BCUT2D eigenvalue weighted by molar-refractivity contribution is -0.129. The smallest absolute Gasteiger partial charge is 0.229 e. The molecule has 1 aromatic heterocycles. The molecule has 1 N–H and O–H groups in total. The van der Waals surface area contributed by atoms with Crippen molar-refractivity contribution >= 4 is 23.5 Å². The van der Waals surface area contributed by atoms with Gasteiger partial charge in [0.2, 0.25) is 17.8 Å². The summed E-state index contributed by atoms with van der Waals surface area (Å²) in [5.74, 6) is 2.07. The molecule has 0 saturated carbocycles. The lowest BCUT2D eigenvalue weighted by Gasteiger charge is -2.35. The topological polar surface area (TPSA) is 77.5 Å². The predicted molar refractivity (Wildman–Crippen MR) is 107 cm³/mol. The summed E-state index contributed by atoms with van der Waals surface area (Å²) in [5.41, 5.74) is 2.35. The van der Waals surface area contributed by atoms with E-state index in [2.05, 4.69) is 49.4 Å². The van der Waals surface area contributed by atoms with Crippen molar-refractivity contribution in [2.45, 2.75) is 20.4 Å². The second-order valence-corrected chi connectivity index (χ2v) is 6.91. The lowest BCUT2D eigenvalue weighted by Crippen LogP contribution is -2.48. The number of hydrogen-bond acceptors (Lipinski definition) is 7. The molecule has 1 saturated heterocycles. The van der Waals surface area contributed by atoms with Gasteiger partial charge in [-0.3, -0.25) is 4.79 Å². The highest BCUT2D eigenvalue weighted by Gasteiger charge is 2.18. The number of aromatic nitrogens is 3. The van der Waals surface area contributed by atoms with Gasteiger partial charge in [-0.1, -0.05) is 12.1 Å². The van der Waals surface area contributed by atoms with Crippen LogP contribution in [0.1, 0.15) is 18.3 Å². The third-order valence-electron chi connectivity index (χ3n) is 4.61. The van der Waals surface area contributed by atoms with E-state index in [1.54, 1.807) is 6.92 Å². The molecule has 3 rings (SSSR count). The highest BCUT2D eigenvalue weighted by atomic mass is 16.2. The highest BCUT2D eigenvalue weighted by molar-refractivity contribution is 5.73. The largest absolute Gasteiger partial charge is 0.368 e. The van der Waals surface area contributed by atoms with E-state index in [0.717, 1.165) is 31.7 Å². The second-order valence-electron chi connectivity index (χ2n) is 6.91. The molecule has 1 aromatic carbocycles. The lowest BCUT2D eigenvalue weighted by atomic mass is 10.1. The number of benzene rings is 1. The number of anilines is 3. The first-order chi connectivity index (χ1) is 12.9. The van der Waals surface area contributed by atoms with Crippen molar-refractivity contribution in [3.05, 3.63) is 35.7 Å². The minimum absolute atomic E-state index is 0.155. The normalized spacial score (nSPS) is 14.2. The van der Waals surface area contributed by atoms with Gasteiger partial charge in [-0.05, 0) is 24.6 Å². The molecule has 27 heavy (non-hydrogen) atoms. The van der Waals surface area contributed by atoms with Crippen molar-refractivity contribution in [3.63, 3.8) is 0 Å². The molecule has 8 nitrogen and oxygen atoms in total. The number of nitrogens with zero attached hydrogens (tertiary/aromatic N) is 6. The van der Waals surface area contributed by atoms with Crippen LogP contribution in [0.25, 0.3) is 0 Å². The minimum atomic E-state index is 0.155. The molecule has 2 heterocycles. The summed E-state index contributed by atoms with van der Waals surface area (Å²) < 4.78 is 0. The molecular formula is C19H27N7O. The highest BCUT2D eigenvalue weighted by Crippen LogP contribution is 2.18. The molecule has 0 unspecified atom stereocenters. The number of carbonyl (C=O) groups excluding carboxylic acids is 1. The van der Waals surface area contributed by atoms with Crippen LogP contribution in [0.15, 0.2) is 24.3 Å². The Bertz CT molecular complexity index is 783. The van der Waals surface area contributed by atoms with Crippen LogP contribution in [0, 0.1) is 6.92 Å². The van der Waals surface area contributed by atoms with Crippen molar-refractivity contribution in [3.8, 4) is 0 Å². The first-order valence-corrected chi connectivity index (χ1v) is 9.15. The zero-order chi connectivity index (χ0) is 19.4. The maximum Gasteiger partial charge on any atom is 0.229 e. The van der Waals surface area contributed by atoms with Gasteiger partial charge in [0.05, 0.1) is 0 Å². The fourth-order valence-corrected chi connectivity index (χ4v) is 3.03. The second kappa shape index (κ2) is 8.20. The van der Waals surface area contributed by atoms with E-state index in [-0.39, 0.29) is 5.91 Å². The number of aryl methyl sites for hydroxylation is 1. The van der Waals surface area contributed by atoms with Crippen LogP contribution in [-0.4, -0.2) is 66.0 Å². The van der Waals surface area contributed by atoms with Gasteiger partial charge in [0.15, 0.2) is 0 Å². The molecule has 144 valence electrons. The Morgan fingerprint density at radius 2 is 1.74 bits per heavy atom. The SMILES string of the molecule is CC(=O)N1CCN(c2ccc(CNc3nc(C)nc(N(C)C)n3)cc2)CC1. The van der Waals surface area contributed by atoms with Crippen molar-refractivity contribution in [1.29, 1.82) is 0 Å². The Labute approximate surface area is 160 Å². The average molecular weight is 369 g/mol. The molecule has 2 aromatic rings. The van der Waals surface area contributed by atoms with Crippen LogP contribution in [0.2, 0.25) is 0 Å². The predicted octanol–water partition coefficient (Wildman–Crippen LogP) is 1.53. The third kappa shape index (κ3) is 4.84. The summed E-state index contributed by atoms with van der Waals surface area (Å²) in [6.45, 7) is 7.45. The van der Waals surface area contributed by atoms with Gasteiger partial charge in [0, 0.05) is 59.4 Å². The van der Waals surface area contributed by atoms with Crippen LogP contribution >= 0.6 is 0 Å². The van der Waals surface area contributed by atoms with Gasteiger partial charge in [-0.15, -0.1) is 0 Å². The van der Waals surface area contributed by atoms with E-state index in [1.807, 2.05) is 30.8 Å². The molecule has 0 spiro atoms. The molecule has 0 aliphatic carbocycles. The fraction of sp³-hybridized carbons (Fsp3) is 0.474. The Balaban J connectivity index is 1.58. The van der Waals surface area contributed by atoms with E-state index >= 15 is 0 Å². The first-order valence-electron chi connectivity index (χ1n) is 9.15. The van der Waals surface area contributed by atoms with E-state index < -0.39 is 0 Å². The van der Waals surface area contributed by atoms with E-state index in [9.17, 15) is 4.79 Å². The number of piperazine rings is 1. The van der Waals surface area contributed by atoms with E-state index in [0.29, 0.717) is 24.3 Å². The molecule has 0 atom stereocenters. The summed E-state index contributed by atoms with van der Waals surface area (Å²) in [6.07, 6.45) is 0. The quantitative estimate of drug-likeness (QED) is 0.856. The number of hydrogen-bond donors (Lipinski definition) is 1. The summed E-state index contributed by atoms with van der Waals surface area (Å²) in [4.78, 5) is 30.6. The van der Waals surface area contributed by atoms with Crippen LogP contribution < -0.4 is 15.1 Å². The zero-order valence-corrected chi connectivity index (χ0v) is 16.4. The molecule has 1 fully saturated rings. The monoisotopic (exact) mass is 369 g/mol. The minimum Gasteiger partial charge on any atom is -0.368 e. The molecule has 8 heteroatoms. The average Bonchev–Trinajstić information content (AvgIpc) is 2.66. The molecular weight excluding hydrogens is 342 g/mol. The number of nitrogens with one attached hydrogen (secondary N) is 1. The van der Waals surface area contributed by atoms with Gasteiger partial charge < -0.3 is 20.0 Å². The van der Waals surface area contributed by atoms with Gasteiger partial charge in [0.25, 0.3) is 0 Å². The zero-order valence-electron chi connectivity index (χ0n) is 16.4. The Morgan fingerprint density at radius 3 is 2.33 bits per heavy atom. The summed E-state index contributed by atoms with van der Waals surface area (Å²) in [7, 11) is 3.82. The molecule has 1 amide bonds. The first kappa shape index (κ1) is 18.9. The van der Waals surface area contributed by atoms with Gasteiger partial charge >= 0.3 is 0 Å². The van der Waals surface area contributed by atoms with Crippen LogP contribution in [0.4, 0.5) is 17.6 Å². The summed E-state index contributed by atoms with van der Waals surface area (Å²) in [6, 6.07) is 8.48. The third-order valence-corrected chi connectivity index (χ3v) is 4.61. The van der Waals surface area contributed by atoms with Gasteiger partial charge in [-0.2, -0.15) is 15.0 Å². The van der Waals surface area contributed by atoms with Gasteiger partial charge in [0.1, 0.15) is 5.82 Å². The number of rotatable bonds is 5. The summed E-state index contributed by atoms with van der Waals surface area (Å²) >= 11 is 0. The molecule has 0 radical (unpaired) electrons. The van der Waals surface area contributed by atoms with Crippen molar-refractivity contribution in [2.24, 2.45) is 0 Å². The molecule has 1 aliphatic heterocycles. The Kier molecular flexibility index (Phi) is 5.73. The maximum absolute atomic E-state index is 11.4. The fourth-order valence-electron chi connectivity index (χ4n) is 3.03. The summed E-state index contributed by atoms with van der Waals surface area (Å²) in [5, 5.41) is 3.27. The van der Waals surface area contributed by atoms with Crippen molar-refractivity contribution in [2.75, 3.05) is 55.4 Å². The van der Waals surface area contributed by atoms with Gasteiger partial charge in [-0.25, -0.2) is 0 Å². The maximum atomic E-state index is 11.4. The van der Waals surface area contributed by atoms with Crippen LogP contribution in [0.5, 0.6) is 0 Å². The Hall–Kier alpha value is -2.90. The molecule has 0 bridgehead atoms. The van der Waals surface area contributed by atoms with Crippen LogP contribution in [-0.2, 0) is 11.3 Å². The van der Waals surface area contributed by atoms with Crippen molar-refractivity contribution in [1.82, 2.24) is 19.9 Å².